The van der Waals surface area contributed by atoms with Gasteiger partial charge in [0.2, 0.25) is 0 Å². The number of thiazole rings is 1. The van der Waals surface area contributed by atoms with Crippen molar-refractivity contribution in [2.45, 2.75) is 19.4 Å². The second kappa shape index (κ2) is 13.9. The van der Waals surface area contributed by atoms with Crippen molar-refractivity contribution < 1.29 is 23.8 Å². The maximum Gasteiger partial charge on any atom is 0.337 e. The number of amidine groups is 1. The van der Waals surface area contributed by atoms with E-state index in [1.807, 2.05) is 17.1 Å². The number of esters is 1. The highest BCUT2D eigenvalue weighted by Crippen LogP contribution is 2.24. The van der Waals surface area contributed by atoms with E-state index in [1.54, 1.807) is 25.3 Å². The van der Waals surface area contributed by atoms with Crippen LogP contribution in [0.25, 0.3) is 0 Å². The number of nitrogens with zero attached hydrogens (tertiary/aromatic N) is 3. The highest BCUT2D eigenvalue weighted by Gasteiger charge is 2.30. The molecule has 2 atom stereocenters. The third kappa shape index (κ3) is 8.12. The summed E-state index contributed by atoms with van der Waals surface area (Å²) in [5.74, 6) is 0.717. The quantitative estimate of drug-likeness (QED) is 0.460. The molecule has 8 nitrogen and oxygen atoms in total. The molecule has 4 rings (SSSR count). The van der Waals surface area contributed by atoms with E-state index in [1.165, 1.54) is 30.6 Å². The van der Waals surface area contributed by atoms with Crippen molar-refractivity contribution >= 4 is 56.8 Å². The van der Waals surface area contributed by atoms with Gasteiger partial charge in [-0.05, 0) is 24.6 Å². The zero-order valence-corrected chi connectivity index (χ0v) is 23.2. The molecule has 2 N–H and O–H groups in total. The SMILES string of the molecule is COC(=O)C1=C(CN2CCSCC2CC(C)C(=O)O)NC(c2nccs2)=NC1.Fc1cccc(Br)c1. The van der Waals surface area contributed by atoms with Crippen LogP contribution in [0.4, 0.5) is 4.39 Å². The van der Waals surface area contributed by atoms with Gasteiger partial charge in [-0.3, -0.25) is 14.7 Å². The summed E-state index contributed by atoms with van der Waals surface area (Å²) in [7, 11) is 1.36. The normalized spacial score (nSPS) is 18.9. The van der Waals surface area contributed by atoms with E-state index in [0.29, 0.717) is 24.4 Å². The number of carbonyl (C=O) groups is 2. The van der Waals surface area contributed by atoms with Crippen LogP contribution >= 0.6 is 39.0 Å². The van der Waals surface area contributed by atoms with Crippen molar-refractivity contribution in [2.24, 2.45) is 10.9 Å². The van der Waals surface area contributed by atoms with Crippen molar-refractivity contribution in [2.75, 3.05) is 38.2 Å². The van der Waals surface area contributed by atoms with Gasteiger partial charge in [0.15, 0.2) is 10.8 Å². The number of rotatable bonds is 7. The summed E-state index contributed by atoms with van der Waals surface area (Å²) in [6.07, 6.45) is 2.30. The second-order valence-electron chi connectivity index (χ2n) is 8.19. The maximum atomic E-state index is 12.3. The fourth-order valence-electron chi connectivity index (χ4n) is 3.71. The van der Waals surface area contributed by atoms with Crippen molar-refractivity contribution in [1.29, 1.82) is 0 Å². The van der Waals surface area contributed by atoms with Crippen LogP contribution in [0.2, 0.25) is 0 Å². The number of halogens is 2. The molecule has 194 valence electrons. The summed E-state index contributed by atoms with van der Waals surface area (Å²) in [5, 5.41) is 15.2. The van der Waals surface area contributed by atoms with E-state index < -0.39 is 17.9 Å². The molecule has 2 unspecified atom stereocenters. The predicted molar refractivity (Wildman–Crippen MR) is 144 cm³/mol. The molecule has 2 aliphatic rings. The van der Waals surface area contributed by atoms with Gasteiger partial charge in [-0.15, -0.1) is 11.3 Å². The van der Waals surface area contributed by atoms with E-state index in [2.05, 4.69) is 36.1 Å². The van der Waals surface area contributed by atoms with Gasteiger partial charge in [-0.2, -0.15) is 11.8 Å². The van der Waals surface area contributed by atoms with E-state index in [9.17, 15) is 19.1 Å². The van der Waals surface area contributed by atoms with Crippen molar-refractivity contribution in [1.82, 2.24) is 15.2 Å². The molecular formula is C24H28BrFN4O4S2. The Bertz CT molecular complexity index is 1100. The number of hydrogen-bond acceptors (Lipinski definition) is 9. The van der Waals surface area contributed by atoms with Gasteiger partial charge in [-0.1, -0.05) is 28.9 Å². The number of aromatic nitrogens is 1. The molecular weight excluding hydrogens is 571 g/mol. The topological polar surface area (TPSA) is 104 Å². The summed E-state index contributed by atoms with van der Waals surface area (Å²) in [6.45, 7) is 3.34. The van der Waals surface area contributed by atoms with E-state index in [4.69, 9.17) is 4.74 Å². The summed E-state index contributed by atoms with van der Waals surface area (Å²) in [5.41, 5.74) is 1.26. The average molecular weight is 600 g/mol. The number of benzene rings is 1. The first-order chi connectivity index (χ1) is 17.3. The van der Waals surface area contributed by atoms with Crippen LogP contribution in [0.3, 0.4) is 0 Å². The Morgan fingerprint density at radius 3 is 2.83 bits per heavy atom. The largest absolute Gasteiger partial charge is 0.481 e. The minimum Gasteiger partial charge on any atom is -0.481 e. The van der Waals surface area contributed by atoms with Crippen LogP contribution in [0, 0.1) is 11.7 Å². The second-order valence-corrected chi connectivity index (χ2v) is 11.1. The van der Waals surface area contributed by atoms with E-state index >= 15 is 0 Å². The fraction of sp³-hybridized carbons (Fsp3) is 0.417. The summed E-state index contributed by atoms with van der Waals surface area (Å²) >= 11 is 6.44. The zero-order valence-electron chi connectivity index (χ0n) is 19.9. The number of aliphatic imine (C=N–C) groups is 1. The number of carboxylic acids is 1. The molecule has 1 aromatic heterocycles. The first kappa shape index (κ1) is 28.3. The molecule has 0 saturated carbocycles. The lowest BCUT2D eigenvalue weighted by molar-refractivity contribution is -0.141. The Labute approximate surface area is 226 Å². The van der Waals surface area contributed by atoms with E-state index in [-0.39, 0.29) is 18.4 Å². The number of thioether (sulfide) groups is 1. The Morgan fingerprint density at radius 1 is 1.42 bits per heavy atom. The molecule has 2 aliphatic heterocycles. The van der Waals surface area contributed by atoms with Gasteiger partial charge in [0, 0.05) is 52.4 Å². The van der Waals surface area contributed by atoms with E-state index in [0.717, 1.165) is 33.2 Å². The van der Waals surface area contributed by atoms with Crippen LogP contribution in [0.15, 0.2) is 56.6 Å². The molecule has 36 heavy (non-hydrogen) atoms. The first-order valence-electron chi connectivity index (χ1n) is 11.3. The van der Waals surface area contributed by atoms with Crippen LogP contribution in [0.1, 0.15) is 18.4 Å². The Hall–Kier alpha value is -2.28. The Kier molecular flexibility index (Phi) is 10.9. The molecule has 2 aromatic rings. The van der Waals surface area contributed by atoms with Crippen molar-refractivity contribution in [3.05, 3.63) is 62.4 Å². The van der Waals surface area contributed by atoms with Gasteiger partial charge >= 0.3 is 11.9 Å². The molecule has 0 bridgehead atoms. The summed E-state index contributed by atoms with van der Waals surface area (Å²) < 4.78 is 17.9. The lowest BCUT2D eigenvalue weighted by Gasteiger charge is -2.37. The number of methoxy groups -OCH3 is 1. The smallest absolute Gasteiger partial charge is 0.337 e. The molecule has 12 heteroatoms. The third-order valence-corrected chi connectivity index (χ3v) is 8.00. The zero-order chi connectivity index (χ0) is 26.1. The molecule has 0 aliphatic carbocycles. The number of carbonyl (C=O) groups excluding carboxylic acids is 1. The Balaban J connectivity index is 0.000000383. The number of aliphatic carboxylic acids is 1. The Morgan fingerprint density at radius 2 is 2.22 bits per heavy atom. The molecule has 1 saturated heterocycles. The predicted octanol–water partition coefficient (Wildman–Crippen LogP) is 4.04. The monoisotopic (exact) mass is 598 g/mol. The third-order valence-electron chi connectivity index (χ3n) is 5.64. The average Bonchev–Trinajstić information content (AvgIpc) is 3.40. The minimum absolute atomic E-state index is 0.139. The van der Waals surface area contributed by atoms with Gasteiger partial charge in [0.25, 0.3) is 0 Å². The molecule has 1 aromatic carbocycles. The maximum absolute atomic E-state index is 12.3. The lowest BCUT2D eigenvalue weighted by atomic mass is 10.0. The van der Waals surface area contributed by atoms with Crippen LogP contribution in [0.5, 0.6) is 0 Å². The highest BCUT2D eigenvalue weighted by atomic mass is 79.9. The number of nitrogens with one attached hydrogen (secondary N) is 1. The molecule has 0 spiro atoms. The number of hydrogen-bond donors (Lipinski definition) is 2. The highest BCUT2D eigenvalue weighted by molar-refractivity contribution is 9.10. The van der Waals surface area contributed by atoms with Gasteiger partial charge in [-0.25, -0.2) is 14.2 Å². The minimum atomic E-state index is -0.779. The molecule has 1 fully saturated rings. The number of ether oxygens (including phenoxy) is 1. The van der Waals surface area contributed by atoms with Crippen molar-refractivity contribution in [3.63, 3.8) is 0 Å². The van der Waals surface area contributed by atoms with Gasteiger partial charge < -0.3 is 15.2 Å². The number of carboxylic acid groups (broad SMARTS) is 1. The molecule has 0 radical (unpaired) electrons. The van der Waals surface area contributed by atoms with Crippen molar-refractivity contribution in [3.8, 4) is 0 Å². The molecule has 0 amide bonds. The fourth-order valence-corrected chi connectivity index (χ4v) is 5.83. The summed E-state index contributed by atoms with van der Waals surface area (Å²) in [4.78, 5) is 34.5. The van der Waals surface area contributed by atoms with Crippen LogP contribution in [-0.2, 0) is 14.3 Å². The summed E-state index contributed by atoms with van der Waals surface area (Å²) in [6, 6.07) is 6.40. The standard InChI is InChI=1S/C18H24N4O4S2.C6H4BrF/c1-11(17(23)24)7-12-10-27-6-4-22(12)9-14-13(18(25)26-2)8-20-15(21-14)16-19-3-5-28-16;7-5-2-1-3-6(8)4-5/h3,5,11-12H,4,6-10H2,1-2H3,(H,20,21)(H,23,24);1-4H. The first-order valence-corrected chi connectivity index (χ1v) is 14.1. The lowest BCUT2D eigenvalue weighted by Crippen LogP contribution is -2.47. The molecule has 3 heterocycles. The van der Waals surface area contributed by atoms with Crippen LogP contribution < -0.4 is 5.32 Å². The van der Waals surface area contributed by atoms with Gasteiger partial charge in [0.05, 0.1) is 25.1 Å². The van der Waals surface area contributed by atoms with Crippen LogP contribution in [-0.4, -0.2) is 77.1 Å². The van der Waals surface area contributed by atoms with Gasteiger partial charge in [0.1, 0.15) is 5.82 Å².